The highest BCUT2D eigenvalue weighted by Gasteiger charge is 2.39. The highest BCUT2D eigenvalue weighted by molar-refractivity contribution is 9.09. The molecule has 0 saturated carbocycles. The van der Waals surface area contributed by atoms with Gasteiger partial charge in [0.25, 0.3) is 0 Å². The molecule has 0 atom stereocenters. The van der Waals surface area contributed by atoms with Crippen LogP contribution in [0.5, 0.6) is 5.75 Å². The van der Waals surface area contributed by atoms with Crippen molar-refractivity contribution >= 4 is 21.7 Å². The summed E-state index contributed by atoms with van der Waals surface area (Å²) in [6.45, 7) is 0. The molecule has 0 unspecified atom stereocenters. The molecular weight excluding hydrogens is 358 g/mol. The van der Waals surface area contributed by atoms with E-state index >= 15 is 0 Å². The van der Waals surface area contributed by atoms with Gasteiger partial charge in [-0.3, -0.25) is 4.79 Å². The van der Waals surface area contributed by atoms with Gasteiger partial charge in [0, 0.05) is 17.3 Å². The molecule has 0 aromatic heterocycles. The van der Waals surface area contributed by atoms with Gasteiger partial charge < -0.3 is 4.74 Å². The maximum Gasteiger partial charge on any atom is 0.573 e. The monoisotopic (exact) mass is 364 g/mol. The first kappa shape index (κ1) is 16.8. The summed E-state index contributed by atoms with van der Waals surface area (Å²) in [6.07, 6.45) is -10.4. The van der Waals surface area contributed by atoms with Gasteiger partial charge in [-0.05, 0) is 18.2 Å². The number of benzene rings is 1. The fourth-order valence-electron chi connectivity index (χ4n) is 1.37. The molecule has 0 N–H and O–H groups in total. The van der Waals surface area contributed by atoms with Crippen molar-refractivity contribution in [3.63, 3.8) is 0 Å². The molecule has 1 aromatic carbocycles. The summed E-state index contributed by atoms with van der Waals surface area (Å²) in [5.74, 6) is -2.01. The fourth-order valence-corrected chi connectivity index (χ4v) is 1.73. The number of rotatable bonds is 4. The number of ether oxygens (including phenoxy) is 1. The van der Waals surface area contributed by atoms with Crippen molar-refractivity contribution in [3.8, 4) is 5.75 Å². The van der Waals surface area contributed by atoms with Gasteiger partial charge >= 0.3 is 12.5 Å². The number of carbonyl (C=O) groups is 1. The molecule has 0 amide bonds. The molecule has 2 nitrogen and oxygen atoms in total. The van der Waals surface area contributed by atoms with Gasteiger partial charge in [0.1, 0.15) is 5.75 Å². The van der Waals surface area contributed by atoms with E-state index < -0.39 is 29.6 Å². The smallest absolute Gasteiger partial charge is 0.405 e. The summed E-state index contributed by atoms with van der Waals surface area (Å²) in [6, 6.07) is 1.70. The van der Waals surface area contributed by atoms with Crippen molar-refractivity contribution in [1.82, 2.24) is 0 Å². The maximum atomic E-state index is 12.7. The van der Waals surface area contributed by atoms with E-state index in [9.17, 15) is 31.1 Å². The molecule has 0 fully saturated rings. The molecule has 0 aliphatic heterocycles. The predicted octanol–water partition coefficient (Wildman–Crippen LogP) is 4.57. The van der Waals surface area contributed by atoms with E-state index in [4.69, 9.17) is 0 Å². The molecule has 1 aromatic rings. The normalized spacial score (nSPS) is 12.3. The molecule has 20 heavy (non-hydrogen) atoms. The molecule has 0 heterocycles. The topological polar surface area (TPSA) is 26.3 Å². The van der Waals surface area contributed by atoms with Crippen molar-refractivity contribution in [2.45, 2.75) is 19.0 Å². The third kappa shape index (κ3) is 4.69. The van der Waals surface area contributed by atoms with Crippen LogP contribution in [0.15, 0.2) is 18.2 Å². The molecule has 112 valence electrons. The minimum atomic E-state index is -5.25. The molecule has 1 rings (SSSR count). The average Bonchev–Trinajstić information content (AvgIpc) is 2.26. The average molecular weight is 365 g/mol. The highest BCUT2D eigenvalue weighted by atomic mass is 79.9. The number of carbonyl (C=O) groups excluding carboxylic acids is 1. The first-order valence-corrected chi connectivity index (χ1v) is 6.23. The van der Waals surface area contributed by atoms with E-state index in [0.717, 1.165) is 6.07 Å². The Kier molecular flexibility index (Phi) is 5.06. The molecule has 0 bridgehead atoms. The quantitative estimate of drug-likeness (QED) is 0.444. The lowest BCUT2D eigenvalue weighted by Crippen LogP contribution is -2.20. The maximum absolute atomic E-state index is 12.7. The number of Topliss-reactive ketones (excluding diaryl/α,β-unsaturated/α-hetero) is 1. The standard InChI is InChI=1S/C11H7BrF6O2/c12-4-3-8(19)6-1-2-9(20-11(16,17)18)7(5-6)10(13,14)15/h1-2,5H,3-4H2. The third-order valence-corrected chi connectivity index (χ3v) is 2.55. The van der Waals surface area contributed by atoms with Crippen LogP contribution >= 0.6 is 15.9 Å². The zero-order valence-corrected chi connectivity index (χ0v) is 11.2. The lowest BCUT2D eigenvalue weighted by atomic mass is 10.0. The molecule has 0 spiro atoms. The van der Waals surface area contributed by atoms with Crippen molar-refractivity contribution in [2.24, 2.45) is 0 Å². The number of alkyl halides is 7. The first-order valence-electron chi connectivity index (χ1n) is 5.11. The largest absolute Gasteiger partial charge is 0.573 e. The number of ketones is 1. The van der Waals surface area contributed by atoms with E-state index in [1.807, 2.05) is 0 Å². The Morgan fingerprint density at radius 1 is 1.15 bits per heavy atom. The molecule has 0 radical (unpaired) electrons. The molecule has 0 saturated heterocycles. The minimum Gasteiger partial charge on any atom is -0.405 e. The van der Waals surface area contributed by atoms with Gasteiger partial charge in [-0.2, -0.15) is 13.2 Å². The second kappa shape index (κ2) is 6.02. The second-order valence-electron chi connectivity index (χ2n) is 3.62. The summed E-state index contributed by atoms with van der Waals surface area (Å²) < 4.78 is 77.4. The number of halogens is 7. The summed E-state index contributed by atoms with van der Waals surface area (Å²) in [4.78, 5) is 11.5. The van der Waals surface area contributed by atoms with Crippen molar-refractivity contribution in [1.29, 1.82) is 0 Å². The van der Waals surface area contributed by atoms with Crippen LogP contribution in [0.4, 0.5) is 26.3 Å². The van der Waals surface area contributed by atoms with E-state index in [-0.39, 0.29) is 17.3 Å². The van der Waals surface area contributed by atoms with Crippen molar-refractivity contribution in [3.05, 3.63) is 29.3 Å². The lowest BCUT2D eigenvalue weighted by molar-refractivity contribution is -0.276. The Labute approximate surface area is 117 Å². The number of hydrogen-bond acceptors (Lipinski definition) is 2. The SMILES string of the molecule is O=C(CCBr)c1ccc(OC(F)(F)F)c(C(F)(F)F)c1. The van der Waals surface area contributed by atoms with Crippen LogP contribution in [0.2, 0.25) is 0 Å². The van der Waals surface area contributed by atoms with Gasteiger partial charge in [-0.25, -0.2) is 0 Å². The summed E-state index contributed by atoms with van der Waals surface area (Å²) in [5.41, 5.74) is -1.97. The van der Waals surface area contributed by atoms with E-state index in [1.165, 1.54) is 0 Å². The van der Waals surface area contributed by atoms with Crippen LogP contribution in [0, 0.1) is 0 Å². The summed E-state index contributed by atoms with van der Waals surface area (Å²) >= 11 is 2.94. The predicted molar refractivity (Wildman–Crippen MR) is 60.9 cm³/mol. The lowest BCUT2D eigenvalue weighted by Gasteiger charge is -2.16. The van der Waals surface area contributed by atoms with Crippen molar-refractivity contribution in [2.75, 3.05) is 5.33 Å². The van der Waals surface area contributed by atoms with Crippen LogP contribution in [0.3, 0.4) is 0 Å². The zero-order chi connectivity index (χ0) is 15.6. The van der Waals surface area contributed by atoms with Crippen LogP contribution < -0.4 is 4.74 Å². The van der Waals surface area contributed by atoms with E-state index in [1.54, 1.807) is 0 Å². The first-order chi connectivity index (χ1) is 9.04. The molecule has 0 aliphatic rings. The van der Waals surface area contributed by atoms with Gasteiger partial charge in [-0.15, -0.1) is 13.2 Å². The summed E-state index contributed by atoms with van der Waals surface area (Å²) in [7, 11) is 0. The third-order valence-electron chi connectivity index (χ3n) is 2.15. The zero-order valence-electron chi connectivity index (χ0n) is 9.61. The van der Waals surface area contributed by atoms with Gasteiger partial charge in [0.2, 0.25) is 0 Å². The van der Waals surface area contributed by atoms with E-state index in [2.05, 4.69) is 20.7 Å². The second-order valence-corrected chi connectivity index (χ2v) is 4.41. The Morgan fingerprint density at radius 3 is 2.20 bits per heavy atom. The van der Waals surface area contributed by atoms with Gasteiger partial charge in [0.05, 0.1) is 5.56 Å². The van der Waals surface area contributed by atoms with E-state index in [0.29, 0.717) is 12.1 Å². The Balaban J connectivity index is 3.24. The van der Waals surface area contributed by atoms with Crippen molar-refractivity contribution < 1.29 is 35.9 Å². The molecule has 9 heteroatoms. The van der Waals surface area contributed by atoms with Crippen LogP contribution in [-0.2, 0) is 6.18 Å². The Hall–Kier alpha value is -1.25. The van der Waals surface area contributed by atoms with Gasteiger partial charge in [0.15, 0.2) is 5.78 Å². The summed E-state index contributed by atoms with van der Waals surface area (Å²) in [5, 5.41) is 0.230. The van der Waals surface area contributed by atoms with Crippen LogP contribution in [-0.4, -0.2) is 17.5 Å². The van der Waals surface area contributed by atoms with Crippen LogP contribution in [0.1, 0.15) is 22.3 Å². The fraction of sp³-hybridized carbons (Fsp3) is 0.364. The number of hydrogen-bond donors (Lipinski definition) is 0. The Morgan fingerprint density at radius 2 is 1.75 bits per heavy atom. The molecule has 0 aliphatic carbocycles. The highest BCUT2D eigenvalue weighted by Crippen LogP contribution is 2.39. The van der Waals surface area contributed by atoms with Gasteiger partial charge in [-0.1, -0.05) is 15.9 Å². The Bertz CT molecular complexity index is 495. The van der Waals surface area contributed by atoms with Crippen LogP contribution in [0.25, 0.3) is 0 Å². The minimum absolute atomic E-state index is 0.0726. The molecular formula is C11H7BrF6O2.